The number of hydrogen-bond donors (Lipinski definition) is 7. The molecule has 0 radical (unpaired) electrons. The van der Waals surface area contributed by atoms with Crippen LogP contribution in [-0.2, 0) is 14.2 Å². The Morgan fingerprint density at radius 1 is 0.867 bits per heavy atom. The molecule has 0 aromatic heterocycles. The highest BCUT2D eigenvalue weighted by Gasteiger charge is 2.47. The average Bonchev–Trinajstić information content (AvgIpc) is 3.02. The van der Waals surface area contributed by atoms with Crippen molar-refractivity contribution >= 4 is 0 Å². The maximum Gasteiger partial charge on any atom is 0.229 e. The molecule has 0 unspecified atom stereocenters. The van der Waals surface area contributed by atoms with Crippen LogP contribution in [0.5, 0.6) is 17.2 Å². The Labute approximate surface area is 171 Å². The van der Waals surface area contributed by atoms with E-state index in [-0.39, 0.29) is 17.2 Å². The largest absolute Gasteiger partial charge is 0.504 e. The standard InChI is InChI=1S/C18H26O12/c1-26-9-4-7(2-3-8(9)20)28-18-16(25)14(23)13(22)11(30-18)6-27-17-15(24)12(21)10(5-19)29-17/h2-4,10-25H,5-6H2,1H3/t10-,11+,12+,13+,14-,15+,16+,17+,18+/m0/s1. The minimum absolute atomic E-state index is 0.114. The van der Waals surface area contributed by atoms with Crippen LogP contribution in [0.3, 0.4) is 0 Å². The number of rotatable bonds is 7. The number of aliphatic hydroxyl groups is 6. The minimum Gasteiger partial charge on any atom is -0.504 e. The number of ether oxygens (including phenoxy) is 5. The van der Waals surface area contributed by atoms with Crippen molar-refractivity contribution in [2.75, 3.05) is 20.3 Å². The summed E-state index contributed by atoms with van der Waals surface area (Å²) in [5, 5.41) is 68.9. The van der Waals surface area contributed by atoms with E-state index >= 15 is 0 Å². The molecular formula is C18H26O12. The molecule has 0 bridgehead atoms. The number of benzene rings is 1. The van der Waals surface area contributed by atoms with Crippen LogP contribution in [0.2, 0.25) is 0 Å². The topological polar surface area (TPSA) is 188 Å². The second-order valence-corrected chi connectivity index (χ2v) is 7.01. The lowest BCUT2D eigenvalue weighted by Gasteiger charge is -2.40. The zero-order valence-electron chi connectivity index (χ0n) is 16.0. The van der Waals surface area contributed by atoms with Gasteiger partial charge >= 0.3 is 0 Å². The second-order valence-electron chi connectivity index (χ2n) is 7.01. The number of phenols is 1. The van der Waals surface area contributed by atoms with Crippen LogP contribution >= 0.6 is 0 Å². The van der Waals surface area contributed by atoms with Gasteiger partial charge < -0.3 is 59.4 Å². The Kier molecular flexibility index (Phi) is 7.34. The molecular weight excluding hydrogens is 408 g/mol. The summed E-state index contributed by atoms with van der Waals surface area (Å²) in [7, 11) is 1.34. The molecule has 2 heterocycles. The van der Waals surface area contributed by atoms with Crippen molar-refractivity contribution in [2.24, 2.45) is 0 Å². The zero-order chi connectivity index (χ0) is 22.0. The number of aliphatic hydroxyl groups excluding tert-OH is 6. The first kappa shape index (κ1) is 22.9. The number of aromatic hydroxyl groups is 1. The highest BCUT2D eigenvalue weighted by molar-refractivity contribution is 5.44. The molecule has 30 heavy (non-hydrogen) atoms. The van der Waals surface area contributed by atoms with E-state index in [1.165, 1.54) is 25.3 Å². The molecule has 7 N–H and O–H groups in total. The molecule has 2 aliphatic rings. The fraction of sp³-hybridized carbons (Fsp3) is 0.667. The van der Waals surface area contributed by atoms with Crippen LogP contribution < -0.4 is 9.47 Å². The van der Waals surface area contributed by atoms with Crippen molar-refractivity contribution in [1.29, 1.82) is 0 Å². The Bertz CT molecular complexity index is 702. The second kappa shape index (κ2) is 9.60. The first-order chi connectivity index (χ1) is 14.3. The first-order valence-corrected chi connectivity index (χ1v) is 9.24. The maximum atomic E-state index is 10.2. The Hall–Kier alpha value is -1.74. The van der Waals surface area contributed by atoms with Crippen LogP contribution in [0.15, 0.2) is 18.2 Å². The highest BCUT2D eigenvalue weighted by atomic mass is 16.7. The normalized spacial score (nSPS) is 39.1. The summed E-state index contributed by atoms with van der Waals surface area (Å²) in [6.07, 6.45) is -12.5. The van der Waals surface area contributed by atoms with Crippen LogP contribution in [0, 0.1) is 0 Å². The molecule has 2 fully saturated rings. The van der Waals surface area contributed by atoms with E-state index in [0.29, 0.717) is 0 Å². The summed E-state index contributed by atoms with van der Waals surface area (Å²) in [6.45, 7) is -0.923. The molecule has 9 atom stereocenters. The minimum atomic E-state index is -1.64. The highest BCUT2D eigenvalue weighted by Crippen LogP contribution is 2.32. The predicted octanol–water partition coefficient (Wildman–Crippen LogP) is -2.96. The molecule has 0 aliphatic carbocycles. The summed E-state index contributed by atoms with van der Waals surface area (Å²) in [5.41, 5.74) is 0. The first-order valence-electron chi connectivity index (χ1n) is 9.24. The molecule has 1 aromatic rings. The van der Waals surface area contributed by atoms with Crippen LogP contribution in [0.1, 0.15) is 0 Å². The average molecular weight is 434 g/mol. The van der Waals surface area contributed by atoms with E-state index in [2.05, 4.69) is 0 Å². The lowest BCUT2D eigenvalue weighted by atomic mass is 9.99. The molecule has 170 valence electrons. The van der Waals surface area contributed by atoms with Crippen molar-refractivity contribution in [3.05, 3.63) is 18.2 Å². The van der Waals surface area contributed by atoms with Gasteiger partial charge in [0.05, 0.1) is 20.3 Å². The number of methoxy groups -OCH3 is 1. The van der Waals surface area contributed by atoms with E-state index in [9.17, 15) is 30.6 Å². The van der Waals surface area contributed by atoms with Gasteiger partial charge in [-0.2, -0.15) is 0 Å². The molecule has 0 amide bonds. The van der Waals surface area contributed by atoms with Gasteiger partial charge in [0.15, 0.2) is 17.8 Å². The van der Waals surface area contributed by atoms with Gasteiger partial charge in [0, 0.05) is 6.07 Å². The molecule has 12 heteroatoms. The third-order valence-corrected chi connectivity index (χ3v) is 5.00. The smallest absolute Gasteiger partial charge is 0.229 e. The van der Waals surface area contributed by atoms with Crippen LogP contribution in [-0.4, -0.2) is 111 Å². The van der Waals surface area contributed by atoms with E-state index in [4.69, 9.17) is 28.8 Å². The van der Waals surface area contributed by atoms with Gasteiger partial charge in [-0.25, -0.2) is 0 Å². The molecule has 3 rings (SSSR count). The monoisotopic (exact) mass is 434 g/mol. The van der Waals surface area contributed by atoms with E-state index in [1.807, 2.05) is 0 Å². The maximum absolute atomic E-state index is 10.2. The van der Waals surface area contributed by atoms with Gasteiger partial charge in [0.25, 0.3) is 0 Å². The fourth-order valence-corrected chi connectivity index (χ4v) is 3.21. The van der Waals surface area contributed by atoms with E-state index < -0.39 is 68.5 Å². The Balaban J connectivity index is 1.64. The molecule has 12 nitrogen and oxygen atoms in total. The molecule has 0 spiro atoms. The number of phenolic OH excluding ortho intramolecular Hbond substituents is 1. The molecule has 1 aromatic carbocycles. The van der Waals surface area contributed by atoms with Crippen molar-refractivity contribution in [3.63, 3.8) is 0 Å². The van der Waals surface area contributed by atoms with E-state index in [1.54, 1.807) is 0 Å². The van der Waals surface area contributed by atoms with Crippen molar-refractivity contribution in [1.82, 2.24) is 0 Å². The summed E-state index contributed by atoms with van der Waals surface area (Å²) < 4.78 is 26.5. The molecule has 2 aliphatic heterocycles. The van der Waals surface area contributed by atoms with Gasteiger partial charge in [0.2, 0.25) is 6.29 Å². The van der Waals surface area contributed by atoms with Crippen molar-refractivity contribution < 1.29 is 59.4 Å². The van der Waals surface area contributed by atoms with Crippen LogP contribution in [0.4, 0.5) is 0 Å². The summed E-state index contributed by atoms with van der Waals surface area (Å²) in [5.74, 6) is 0.137. The van der Waals surface area contributed by atoms with Gasteiger partial charge in [-0.15, -0.1) is 0 Å². The fourth-order valence-electron chi connectivity index (χ4n) is 3.21. The lowest BCUT2D eigenvalue weighted by Crippen LogP contribution is -2.60. The van der Waals surface area contributed by atoms with Gasteiger partial charge in [-0.3, -0.25) is 0 Å². The molecule has 2 saturated heterocycles. The SMILES string of the molecule is COc1cc(O[C@@H]2O[C@H](CO[C@@H]3O[C@@H](CO)[C@@H](O)[C@H]3O)[C@@H](O)[C@H](O)[C@H]2O)ccc1O. The van der Waals surface area contributed by atoms with Gasteiger partial charge in [-0.05, 0) is 12.1 Å². The summed E-state index contributed by atoms with van der Waals surface area (Å²) in [4.78, 5) is 0. The number of hydrogen-bond acceptors (Lipinski definition) is 12. The van der Waals surface area contributed by atoms with Crippen molar-refractivity contribution in [2.45, 2.75) is 55.3 Å². The predicted molar refractivity (Wildman–Crippen MR) is 95.7 cm³/mol. The van der Waals surface area contributed by atoms with Gasteiger partial charge in [-0.1, -0.05) is 0 Å². The molecule has 0 saturated carbocycles. The summed E-state index contributed by atoms with van der Waals surface area (Å²) >= 11 is 0. The third kappa shape index (κ3) is 4.61. The Morgan fingerprint density at radius 3 is 2.13 bits per heavy atom. The quantitative estimate of drug-likeness (QED) is 0.231. The lowest BCUT2D eigenvalue weighted by molar-refractivity contribution is -0.290. The van der Waals surface area contributed by atoms with Crippen LogP contribution in [0.25, 0.3) is 0 Å². The Morgan fingerprint density at radius 2 is 1.50 bits per heavy atom. The van der Waals surface area contributed by atoms with E-state index in [0.717, 1.165) is 0 Å². The third-order valence-electron chi connectivity index (χ3n) is 5.00. The summed E-state index contributed by atoms with van der Waals surface area (Å²) in [6, 6.07) is 4.03. The zero-order valence-corrected chi connectivity index (χ0v) is 16.0. The van der Waals surface area contributed by atoms with Gasteiger partial charge in [0.1, 0.15) is 48.5 Å². The van der Waals surface area contributed by atoms with Crippen molar-refractivity contribution in [3.8, 4) is 17.2 Å².